The lowest BCUT2D eigenvalue weighted by atomic mass is 9.78. The van der Waals surface area contributed by atoms with Crippen LogP contribution in [0.1, 0.15) is 42.5 Å². The average Bonchev–Trinajstić information content (AvgIpc) is 3.24. The van der Waals surface area contributed by atoms with Gasteiger partial charge in [0, 0.05) is 24.6 Å². The molecule has 0 spiro atoms. The molecule has 2 aromatic carbocycles. The molecule has 10 heteroatoms. The van der Waals surface area contributed by atoms with Gasteiger partial charge < -0.3 is 18.9 Å². The molecule has 1 fully saturated rings. The highest BCUT2D eigenvalue weighted by Crippen LogP contribution is 2.54. The van der Waals surface area contributed by atoms with Gasteiger partial charge in [-0.05, 0) is 49.1 Å². The summed E-state index contributed by atoms with van der Waals surface area (Å²) in [5, 5.41) is 11.2. The molecule has 0 amide bonds. The number of hydrogen-bond donors (Lipinski definition) is 0. The number of fused-ring (bicyclic) bond motifs is 3. The van der Waals surface area contributed by atoms with Gasteiger partial charge in [0.25, 0.3) is 5.69 Å². The number of non-ortho nitro benzene ring substituents is 1. The molecular formula is C26H30N2O8. The Balaban J connectivity index is 1.91. The van der Waals surface area contributed by atoms with Crippen LogP contribution in [-0.4, -0.2) is 61.8 Å². The van der Waals surface area contributed by atoms with Crippen molar-refractivity contribution in [3.05, 3.63) is 63.2 Å². The summed E-state index contributed by atoms with van der Waals surface area (Å²) in [5.41, 5.74) is 2.41. The number of carbonyl (C=O) groups is 2. The van der Waals surface area contributed by atoms with Crippen molar-refractivity contribution in [2.75, 3.05) is 34.0 Å². The minimum atomic E-state index is -0.771. The van der Waals surface area contributed by atoms with E-state index in [1.165, 1.54) is 12.1 Å². The largest absolute Gasteiger partial charge is 0.493 e. The number of nitrogens with zero attached hydrogens (tertiary/aromatic N) is 2. The van der Waals surface area contributed by atoms with Crippen LogP contribution < -0.4 is 9.47 Å². The quantitative estimate of drug-likeness (QED) is 0.306. The number of methoxy groups -OCH3 is 2. The minimum Gasteiger partial charge on any atom is -0.493 e. The molecular weight excluding hydrogens is 468 g/mol. The van der Waals surface area contributed by atoms with Gasteiger partial charge in [-0.25, -0.2) is 0 Å². The van der Waals surface area contributed by atoms with Crippen molar-refractivity contribution in [3.63, 3.8) is 0 Å². The fourth-order valence-electron chi connectivity index (χ4n) is 5.54. The summed E-state index contributed by atoms with van der Waals surface area (Å²) >= 11 is 0. The Morgan fingerprint density at radius 3 is 2.19 bits per heavy atom. The van der Waals surface area contributed by atoms with Gasteiger partial charge in [0.05, 0.1) is 44.3 Å². The van der Waals surface area contributed by atoms with E-state index in [0.29, 0.717) is 30.0 Å². The normalized spacial score (nSPS) is 22.8. The van der Waals surface area contributed by atoms with Crippen LogP contribution in [0.4, 0.5) is 5.69 Å². The number of ether oxygens (including phenoxy) is 4. The molecule has 0 aliphatic carbocycles. The number of rotatable bonds is 8. The van der Waals surface area contributed by atoms with Crippen LogP contribution in [-0.2, 0) is 25.5 Å². The average molecular weight is 499 g/mol. The number of nitro benzene ring substituents is 1. The second-order valence-electron chi connectivity index (χ2n) is 8.69. The first-order valence-corrected chi connectivity index (χ1v) is 11.9. The highest BCUT2D eigenvalue weighted by molar-refractivity contribution is 5.84. The van der Waals surface area contributed by atoms with Gasteiger partial charge in [0.1, 0.15) is 6.04 Å². The van der Waals surface area contributed by atoms with Crippen molar-refractivity contribution in [1.29, 1.82) is 0 Å². The van der Waals surface area contributed by atoms with Crippen molar-refractivity contribution in [1.82, 2.24) is 4.90 Å². The lowest BCUT2D eigenvalue weighted by Gasteiger charge is -2.36. The predicted octanol–water partition coefficient (Wildman–Crippen LogP) is 3.42. The third-order valence-corrected chi connectivity index (χ3v) is 6.96. The van der Waals surface area contributed by atoms with Gasteiger partial charge in [-0.1, -0.05) is 12.1 Å². The standard InChI is InChI=1S/C26H30N2O8/c1-5-35-25(29)22-21(15-7-9-17(10-8-15)28(31)32)24(26(30)36-6-2)27-12-11-16-13-19(33-3)20(34-4)14-18(16)23(22)27/h7-10,13-14,21-24H,5-6,11-12H2,1-4H3/t21-,22-,23+,24+/m1/s1. The number of hydrogen-bond acceptors (Lipinski definition) is 9. The molecule has 2 heterocycles. The molecule has 0 bridgehead atoms. The number of carbonyl (C=O) groups excluding carboxylic acids is 2. The molecule has 1 saturated heterocycles. The third kappa shape index (κ3) is 4.37. The van der Waals surface area contributed by atoms with Gasteiger partial charge in [-0.2, -0.15) is 0 Å². The summed E-state index contributed by atoms with van der Waals surface area (Å²) in [4.78, 5) is 39.6. The molecule has 0 saturated carbocycles. The first-order chi connectivity index (χ1) is 17.4. The molecule has 0 unspecified atom stereocenters. The van der Waals surface area contributed by atoms with Crippen LogP contribution in [0.25, 0.3) is 0 Å². The van der Waals surface area contributed by atoms with E-state index in [0.717, 1.165) is 11.1 Å². The van der Waals surface area contributed by atoms with Gasteiger partial charge in [0.15, 0.2) is 11.5 Å². The van der Waals surface area contributed by atoms with Crippen molar-refractivity contribution < 1.29 is 33.5 Å². The van der Waals surface area contributed by atoms with Crippen molar-refractivity contribution in [2.24, 2.45) is 5.92 Å². The monoisotopic (exact) mass is 498 g/mol. The molecule has 2 aliphatic heterocycles. The summed E-state index contributed by atoms with van der Waals surface area (Å²) in [6, 6.07) is 8.50. The molecule has 192 valence electrons. The van der Waals surface area contributed by atoms with E-state index in [9.17, 15) is 19.7 Å². The SMILES string of the molecule is CCOC(=O)[C@@H]1[C@@H](c2ccc([N+](=O)[O-])cc2)[C@@H](C(=O)OCC)N2CCc3cc(OC)c(OC)cc3[C@@H]12. The van der Waals surface area contributed by atoms with E-state index in [1.807, 2.05) is 17.0 Å². The molecule has 2 aliphatic rings. The van der Waals surface area contributed by atoms with Crippen molar-refractivity contribution >= 4 is 17.6 Å². The Bertz CT molecular complexity index is 1150. The molecule has 4 atom stereocenters. The van der Waals surface area contributed by atoms with Crippen LogP contribution in [0.2, 0.25) is 0 Å². The Labute approximate surface area is 209 Å². The first-order valence-electron chi connectivity index (χ1n) is 11.9. The minimum absolute atomic E-state index is 0.0722. The molecule has 0 aromatic heterocycles. The zero-order valence-electron chi connectivity index (χ0n) is 20.8. The van der Waals surface area contributed by atoms with E-state index in [-0.39, 0.29) is 18.9 Å². The summed E-state index contributed by atoms with van der Waals surface area (Å²) in [6.07, 6.45) is 0.630. The molecule has 2 aromatic rings. The molecule has 0 N–H and O–H groups in total. The highest BCUT2D eigenvalue weighted by atomic mass is 16.6. The van der Waals surface area contributed by atoms with E-state index in [1.54, 1.807) is 40.2 Å². The van der Waals surface area contributed by atoms with Gasteiger partial charge in [-0.3, -0.25) is 24.6 Å². The Kier molecular flexibility index (Phi) is 7.44. The van der Waals surface area contributed by atoms with Crippen molar-refractivity contribution in [2.45, 2.75) is 38.3 Å². The first kappa shape index (κ1) is 25.4. The lowest BCUT2D eigenvalue weighted by molar-refractivity contribution is -0.384. The van der Waals surface area contributed by atoms with Crippen LogP contribution in [0, 0.1) is 16.0 Å². The Morgan fingerprint density at radius 2 is 1.61 bits per heavy atom. The number of nitro groups is 1. The smallest absolute Gasteiger partial charge is 0.324 e. The van der Waals surface area contributed by atoms with Crippen LogP contribution in [0.15, 0.2) is 36.4 Å². The zero-order valence-corrected chi connectivity index (χ0v) is 20.8. The summed E-state index contributed by atoms with van der Waals surface area (Å²) < 4.78 is 22.0. The fraction of sp³-hybridized carbons (Fsp3) is 0.462. The molecule has 4 rings (SSSR count). The van der Waals surface area contributed by atoms with Crippen LogP contribution in [0.5, 0.6) is 11.5 Å². The predicted molar refractivity (Wildman–Crippen MR) is 129 cm³/mol. The maximum atomic E-state index is 13.5. The summed E-state index contributed by atoms with van der Waals surface area (Å²) in [7, 11) is 3.11. The second-order valence-corrected chi connectivity index (χ2v) is 8.69. The highest BCUT2D eigenvalue weighted by Gasteiger charge is 2.58. The maximum Gasteiger partial charge on any atom is 0.324 e. The lowest BCUT2D eigenvalue weighted by Crippen LogP contribution is -2.44. The summed E-state index contributed by atoms with van der Waals surface area (Å²) in [6.45, 7) is 4.34. The van der Waals surface area contributed by atoms with E-state index >= 15 is 0 Å². The molecule has 0 radical (unpaired) electrons. The number of esters is 2. The maximum absolute atomic E-state index is 13.5. The second kappa shape index (κ2) is 10.5. The fourth-order valence-corrected chi connectivity index (χ4v) is 5.54. The Morgan fingerprint density at radius 1 is 1.00 bits per heavy atom. The van der Waals surface area contributed by atoms with E-state index in [2.05, 4.69) is 0 Å². The van der Waals surface area contributed by atoms with E-state index < -0.39 is 40.8 Å². The van der Waals surface area contributed by atoms with Gasteiger partial charge in [0.2, 0.25) is 0 Å². The van der Waals surface area contributed by atoms with Gasteiger partial charge in [-0.15, -0.1) is 0 Å². The topological polar surface area (TPSA) is 117 Å². The van der Waals surface area contributed by atoms with E-state index in [4.69, 9.17) is 18.9 Å². The van der Waals surface area contributed by atoms with Crippen LogP contribution >= 0.6 is 0 Å². The van der Waals surface area contributed by atoms with Crippen LogP contribution in [0.3, 0.4) is 0 Å². The number of benzene rings is 2. The van der Waals surface area contributed by atoms with Crippen molar-refractivity contribution in [3.8, 4) is 11.5 Å². The molecule has 36 heavy (non-hydrogen) atoms. The van der Waals surface area contributed by atoms with Gasteiger partial charge >= 0.3 is 11.9 Å². The third-order valence-electron chi connectivity index (χ3n) is 6.96. The zero-order chi connectivity index (χ0) is 26.0. The molecule has 10 nitrogen and oxygen atoms in total. The summed E-state index contributed by atoms with van der Waals surface area (Å²) in [5.74, 6) is -1.16. The Hall–Kier alpha value is -3.66.